The van der Waals surface area contributed by atoms with Crippen LogP contribution in [0.4, 0.5) is 0 Å². The zero-order valence-electron chi connectivity index (χ0n) is 10.2. The van der Waals surface area contributed by atoms with E-state index < -0.39 is 0 Å². The van der Waals surface area contributed by atoms with Crippen molar-refractivity contribution in [1.29, 1.82) is 0 Å². The number of aryl methyl sites for hydroxylation is 2. The number of nitrogens with two attached hydrogens (primary N) is 1. The minimum atomic E-state index is -0.179. The van der Waals surface area contributed by atoms with Crippen molar-refractivity contribution >= 4 is 34.5 Å². The number of aromatic nitrogens is 1. The van der Waals surface area contributed by atoms with Gasteiger partial charge in [0.05, 0.1) is 10.7 Å². The molecule has 1 atom stereocenters. The smallest absolute Gasteiger partial charge is 0.0949 e. The Hall–Kier alpha value is -0.610. The van der Waals surface area contributed by atoms with Gasteiger partial charge in [0.1, 0.15) is 0 Å². The van der Waals surface area contributed by atoms with E-state index in [1.165, 1.54) is 4.88 Å². The number of hydrogen-bond donors (Lipinski definition) is 1. The van der Waals surface area contributed by atoms with Crippen LogP contribution in [0.1, 0.15) is 27.2 Å². The topological polar surface area (TPSA) is 38.9 Å². The fourth-order valence-corrected chi connectivity index (χ4v) is 3.15. The second-order valence-corrected chi connectivity index (χ2v) is 6.36. The summed E-state index contributed by atoms with van der Waals surface area (Å²) >= 11 is 13.8. The van der Waals surface area contributed by atoms with E-state index in [1.54, 1.807) is 23.5 Å². The number of thiazole rings is 1. The summed E-state index contributed by atoms with van der Waals surface area (Å²) in [6.45, 7) is 4.07. The molecule has 2 rings (SSSR count). The fraction of sp³-hybridized carbons (Fsp3) is 0.308. The van der Waals surface area contributed by atoms with E-state index in [-0.39, 0.29) is 6.04 Å². The predicted octanol–water partition coefficient (Wildman–Crippen LogP) is 4.31. The lowest BCUT2D eigenvalue weighted by atomic mass is 10.1. The Morgan fingerprint density at radius 1 is 1.33 bits per heavy atom. The first kappa shape index (κ1) is 13.8. The Kier molecular flexibility index (Phi) is 4.28. The number of hydrogen-bond acceptors (Lipinski definition) is 3. The van der Waals surface area contributed by atoms with E-state index in [0.29, 0.717) is 16.5 Å². The van der Waals surface area contributed by atoms with Crippen LogP contribution in [-0.4, -0.2) is 4.98 Å². The molecular weight excluding hydrogens is 287 g/mol. The maximum absolute atomic E-state index is 6.18. The van der Waals surface area contributed by atoms with E-state index >= 15 is 0 Å². The Morgan fingerprint density at radius 2 is 2.06 bits per heavy atom. The second-order valence-electron chi connectivity index (χ2n) is 4.23. The third-order valence-electron chi connectivity index (χ3n) is 2.82. The van der Waals surface area contributed by atoms with Gasteiger partial charge in [-0.1, -0.05) is 23.2 Å². The molecule has 1 heterocycles. The highest BCUT2D eigenvalue weighted by Crippen LogP contribution is 2.28. The van der Waals surface area contributed by atoms with E-state index in [1.807, 2.05) is 13.0 Å². The zero-order chi connectivity index (χ0) is 13.3. The molecule has 2 aromatic rings. The first-order valence-corrected chi connectivity index (χ1v) is 7.18. The maximum Gasteiger partial charge on any atom is 0.0949 e. The molecule has 0 aliphatic carbocycles. The first-order valence-electron chi connectivity index (χ1n) is 5.61. The maximum atomic E-state index is 6.18. The first-order chi connectivity index (χ1) is 8.47. The van der Waals surface area contributed by atoms with Crippen LogP contribution in [0.3, 0.4) is 0 Å². The summed E-state index contributed by atoms with van der Waals surface area (Å²) in [5.74, 6) is 0. The summed E-state index contributed by atoms with van der Waals surface area (Å²) in [6, 6.07) is 5.18. The number of nitrogens with zero attached hydrogens (tertiary/aromatic N) is 1. The van der Waals surface area contributed by atoms with Gasteiger partial charge in [0.2, 0.25) is 0 Å². The summed E-state index contributed by atoms with van der Waals surface area (Å²) in [6.07, 6.45) is 0.680. The van der Waals surface area contributed by atoms with Gasteiger partial charge >= 0.3 is 0 Å². The van der Waals surface area contributed by atoms with Crippen LogP contribution in [0.5, 0.6) is 0 Å². The lowest BCUT2D eigenvalue weighted by Crippen LogP contribution is -2.13. The van der Waals surface area contributed by atoms with Crippen molar-refractivity contribution in [2.24, 2.45) is 5.73 Å². The highest BCUT2D eigenvalue weighted by molar-refractivity contribution is 7.11. The van der Waals surface area contributed by atoms with E-state index in [9.17, 15) is 0 Å². The van der Waals surface area contributed by atoms with Crippen LogP contribution < -0.4 is 5.73 Å². The van der Waals surface area contributed by atoms with Crippen molar-refractivity contribution in [3.63, 3.8) is 0 Å². The van der Waals surface area contributed by atoms with Crippen LogP contribution in [0.2, 0.25) is 10.0 Å². The third kappa shape index (κ3) is 3.04. The molecule has 0 saturated heterocycles. The van der Waals surface area contributed by atoms with Crippen molar-refractivity contribution < 1.29 is 0 Å². The largest absolute Gasteiger partial charge is 0.324 e. The molecule has 96 valence electrons. The van der Waals surface area contributed by atoms with Crippen molar-refractivity contribution in [3.8, 4) is 0 Å². The molecule has 1 aromatic carbocycles. The third-order valence-corrected chi connectivity index (χ3v) is 4.50. The Labute approximate surface area is 121 Å². The van der Waals surface area contributed by atoms with Gasteiger partial charge in [-0.2, -0.15) is 0 Å². The minimum Gasteiger partial charge on any atom is -0.324 e. The summed E-state index contributed by atoms with van der Waals surface area (Å²) in [5, 5.41) is 2.33. The fourth-order valence-electron chi connectivity index (χ4n) is 1.72. The lowest BCUT2D eigenvalue weighted by molar-refractivity contribution is 0.717. The van der Waals surface area contributed by atoms with Gasteiger partial charge in [0, 0.05) is 27.4 Å². The molecule has 0 saturated carbocycles. The molecule has 0 aliphatic heterocycles. The van der Waals surface area contributed by atoms with Crippen LogP contribution >= 0.6 is 34.5 Å². The van der Waals surface area contributed by atoms with Crippen molar-refractivity contribution in [1.82, 2.24) is 4.98 Å². The normalized spacial score (nSPS) is 12.7. The molecule has 1 aromatic heterocycles. The van der Waals surface area contributed by atoms with E-state index in [2.05, 4.69) is 11.9 Å². The molecule has 0 amide bonds. The quantitative estimate of drug-likeness (QED) is 0.917. The molecule has 0 spiro atoms. The average Bonchev–Trinajstić information content (AvgIpc) is 2.61. The highest BCUT2D eigenvalue weighted by atomic mass is 35.5. The molecule has 0 fully saturated rings. The predicted molar refractivity (Wildman–Crippen MR) is 78.7 cm³/mol. The van der Waals surface area contributed by atoms with E-state index in [4.69, 9.17) is 28.9 Å². The van der Waals surface area contributed by atoms with Gasteiger partial charge in [-0.3, -0.25) is 0 Å². The van der Waals surface area contributed by atoms with Gasteiger partial charge < -0.3 is 5.73 Å². The molecule has 0 aliphatic rings. The van der Waals surface area contributed by atoms with Gasteiger partial charge in [0.15, 0.2) is 0 Å². The van der Waals surface area contributed by atoms with Crippen LogP contribution in [0.15, 0.2) is 18.2 Å². The van der Waals surface area contributed by atoms with Crippen molar-refractivity contribution in [3.05, 3.63) is 49.4 Å². The van der Waals surface area contributed by atoms with Crippen LogP contribution in [0, 0.1) is 13.8 Å². The standard InChI is InChI=1S/C13H14Cl2N2S/c1-7-8(2)18-13(17-7)6-12(16)10-5-9(14)3-4-11(10)15/h3-5,12H,6,16H2,1-2H3. The Balaban J connectivity index is 2.21. The Morgan fingerprint density at radius 3 is 2.67 bits per heavy atom. The van der Waals surface area contributed by atoms with Gasteiger partial charge in [-0.15, -0.1) is 11.3 Å². The molecule has 0 radical (unpaired) electrons. The molecule has 0 bridgehead atoms. The average molecular weight is 301 g/mol. The van der Waals surface area contributed by atoms with E-state index in [0.717, 1.165) is 16.3 Å². The monoisotopic (exact) mass is 300 g/mol. The Bertz CT molecular complexity index is 547. The number of rotatable bonds is 3. The molecule has 2 N–H and O–H groups in total. The lowest BCUT2D eigenvalue weighted by Gasteiger charge is -2.12. The minimum absolute atomic E-state index is 0.179. The second kappa shape index (κ2) is 5.57. The summed E-state index contributed by atoms with van der Waals surface area (Å²) in [5.41, 5.74) is 8.12. The summed E-state index contributed by atoms with van der Waals surface area (Å²) in [4.78, 5) is 5.72. The number of benzene rings is 1. The molecule has 1 unspecified atom stereocenters. The van der Waals surface area contributed by atoms with Gasteiger partial charge in [0.25, 0.3) is 0 Å². The van der Waals surface area contributed by atoms with Crippen LogP contribution in [-0.2, 0) is 6.42 Å². The number of halogens is 2. The molecular formula is C13H14Cl2N2S. The molecule has 2 nitrogen and oxygen atoms in total. The van der Waals surface area contributed by atoms with Gasteiger partial charge in [-0.05, 0) is 37.6 Å². The van der Waals surface area contributed by atoms with Crippen LogP contribution in [0.25, 0.3) is 0 Å². The molecule has 18 heavy (non-hydrogen) atoms. The highest BCUT2D eigenvalue weighted by Gasteiger charge is 2.14. The SMILES string of the molecule is Cc1nc(CC(N)c2cc(Cl)ccc2Cl)sc1C. The summed E-state index contributed by atoms with van der Waals surface area (Å²) < 4.78 is 0. The summed E-state index contributed by atoms with van der Waals surface area (Å²) in [7, 11) is 0. The van der Waals surface area contributed by atoms with Gasteiger partial charge in [-0.25, -0.2) is 4.98 Å². The van der Waals surface area contributed by atoms with Crippen molar-refractivity contribution in [2.75, 3.05) is 0 Å². The van der Waals surface area contributed by atoms with Crippen molar-refractivity contribution in [2.45, 2.75) is 26.3 Å². The zero-order valence-corrected chi connectivity index (χ0v) is 12.5. The molecule has 5 heteroatoms.